The molecule has 0 spiro atoms. The van der Waals surface area contributed by atoms with Gasteiger partial charge in [-0.2, -0.15) is 74.6 Å². The maximum Gasteiger partial charge on any atom is 0.460 e. The zero-order valence-electron chi connectivity index (χ0n) is 15.9. The van der Waals surface area contributed by atoms with E-state index in [1.165, 1.54) is 0 Å². The van der Waals surface area contributed by atoms with Crippen LogP contribution in [0.5, 0.6) is 0 Å². The van der Waals surface area contributed by atoms with E-state index in [4.69, 9.17) is 5.11 Å². The summed E-state index contributed by atoms with van der Waals surface area (Å²) in [7, 11) is 0.665. The highest BCUT2D eigenvalue weighted by molar-refractivity contribution is 5.69. The van der Waals surface area contributed by atoms with Crippen molar-refractivity contribution in [3.63, 3.8) is 0 Å². The number of hydrogen-bond donors (Lipinski definition) is 1. The van der Waals surface area contributed by atoms with E-state index in [9.17, 15) is 79.4 Å². The van der Waals surface area contributed by atoms with E-state index < -0.39 is 79.0 Å². The first-order valence-corrected chi connectivity index (χ1v) is 8.06. The second-order valence-electron chi connectivity index (χ2n) is 6.62. The van der Waals surface area contributed by atoms with Crippen LogP contribution in [0.25, 0.3) is 0 Å². The SMILES string of the molecule is COC(=O)C[C@H](O)CCC(F)(F)C(F)(F)C(F)(F)C(F)(F)C(F)(F)C(F)(F)C(F)(F)C(F)(F)F. The van der Waals surface area contributed by atoms with Gasteiger partial charge in [-0.05, 0) is 6.42 Å². The lowest BCUT2D eigenvalue weighted by molar-refractivity contribution is -0.461. The number of carbonyl (C=O) groups is 1. The highest BCUT2D eigenvalue weighted by Crippen LogP contribution is 2.64. The molecular formula is C14H11F17O3. The van der Waals surface area contributed by atoms with Gasteiger partial charge >= 0.3 is 53.6 Å². The first kappa shape index (κ1) is 32.2. The van der Waals surface area contributed by atoms with E-state index in [1.54, 1.807) is 0 Å². The Kier molecular flexibility index (Phi) is 8.56. The smallest absolute Gasteiger partial charge is 0.460 e. The molecule has 0 unspecified atom stereocenters. The fourth-order valence-electron chi connectivity index (χ4n) is 2.08. The predicted molar refractivity (Wildman–Crippen MR) is 72.6 cm³/mol. The molecule has 0 amide bonds. The van der Waals surface area contributed by atoms with Crippen molar-refractivity contribution in [2.45, 2.75) is 73.0 Å². The van der Waals surface area contributed by atoms with Crippen LogP contribution in [0, 0.1) is 0 Å². The number of hydrogen-bond acceptors (Lipinski definition) is 3. The third kappa shape index (κ3) is 4.82. The molecule has 0 saturated heterocycles. The molecule has 0 aliphatic carbocycles. The number of aliphatic hydroxyl groups excluding tert-OH is 1. The van der Waals surface area contributed by atoms with Crippen molar-refractivity contribution in [2.24, 2.45) is 0 Å². The molecule has 0 fully saturated rings. The van der Waals surface area contributed by atoms with Crippen LogP contribution in [0.2, 0.25) is 0 Å². The summed E-state index contributed by atoms with van der Waals surface area (Å²) in [5.41, 5.74) is 0. The second kappa shape index (κ2) is 9.03. The molecule has 0 aliphatic heterocycles. The first-order valence-electron chi connectivity index (χ1n) is 8.06. The minimum absolute atomic E-state index is 0.665. The van der Waals surface area contributed by atoms with Gasteiger partial charge in [-0.25, -0.2) is 0 Å². The summed E-state index contributed by atoms with van der Waals surface area (Å²) in [6.45, 7) is 0. The number of carbonyl (C=O) groups excluding carboxylic acids is 1. The predicted octanol–water partition coefficient (Wildman–Crippen LogP) is 5.70. The Labute approximate surface area is 176 Å². The van der Waals surface area contributed by atoms with Gasteiger partial charge in [-0.1, -0.05) is 0 Å². The standard InChI is InChI=1S/C14H11F17O3/c1-34-6(33)4-5(32)2-3-7(15,16)8(17,18)9(19,20)10(21,22)11(23,24)12(25,26)13(27,28)14(29,30)31/h5,32H,2-4H2,1H3/t5-/m1/s1. The van der Waals surface area contributed by atoms with Crippen LogP contribution in [0.15, 0.2) is 0 Å². The highest BCUT2D eigenvalue weighted by Gasteiger charge is 2.95. The van der Waals surface area contributed by atoms with Crippen LogP contribution in [-0.4, -0.2) is 71.9 Å². The average molecular weight is 550 g/mol. The van der Waals surface area contributed by atoms with Crippen LogP contribution in [0.4, 0.5) is 74.6 Å². The van der Waals surface area contributed by atoms with Crippen molar-refractivity contribution >= 4 is 5.97 Å². The summed E-state index contributed by atoms with van der Waals surface area (Å²) in [5, 5.41) is 9.12. The molecule has 34 heavy (non-hydrogen) atoms. The van der Waals surface area contributed by atoms with E-state index in [0.29, 0.717) is 7.11 Å². The Bertz CT molecular complexity index is 727. The maximum absolute atomic E-state index is 13.6. The number of ether oxygens (including phenoxy) is 1. The molecule has 0 heterocycles. The average Bonchev–Trinajstić information content (AvgIpc) is 2.64. The minimum Gasteiger partial charge on any atom is -0.469 e. The van der Waals surface area contributed by atoms with Gasteiger partial charge in [0.05, 0.1) is 19.6 Å². The summed E-state index contributed by atoms with van der Waals surface area (Å²) in [4.78, 5) is 10.8. The molecule has 0 aromatic carbocycles. The van der Waals surface area contributed by atoms with Gasteiger partial charge in [-0.3, -0.25) is 4.79 Å². The third-order valence-electron chi connectivity index (χ3n) is 4.21. The van der Waals surface area contributed by atoms with Gasteiger partial charge in [0.15, 0.2) is 0 Å². The number of alkyl halides is 17. The number of methoxy groups -OCH3 is 1. The van der Waals surface area contributed by atoms with E-state index in [0.717, 1.165) is 0 Å². The molecule has 0 radical (unpaired) electrons. The number of aliphatic hydroxyl groups is 1. The fraction of sp³-hybridized carbons (Fsp3) is 0.929. The molecule has 3 nitrogen and oxygen atoms in total. The molecule has 1 N–H and O–H groups in total. The van der Waals surface area contributed by atoms with Crippen LogP contribution in [0.1, 0.15) is 19.3 Å². The van der Waals surface area contributed by atoms with Gasteiger partial charge in [0.1, 0.15) is 0 Å². The summed E-state index contributed by atoms with van der Waals surface area (Å²) >= 11 is 0. The Hall–Kier alpha value is -1.76. The molecular weight excluding hydrogens is 539 g/mol. The van der Waals surface area contributed by atoms with Crippen molar-refractivity contribution in [3.05, 3.63) is 0 Å². The van der Waals surface area contributed by atoms with Crippen LogP contribution in [0.3, 0.4) is 0 Å². The first-order chi connectivity index (χ1) is 14.6. The Morgan fingerprint density at radius 2 is 0.971 bits per heavy atom. The van der Waals surface area contributed by atoms with Crippen molar-refractivity contribution in [1.82, 2.24) is 0 Å². The summed E-state index contributed by atoms with van der Waals surface area (Å²) in [5.74, 6) is -58.3. The molecule has 20 heteroatoms. The van der Waals surface area contributed by atoms with Gasteiger partial charge in [0.2, 0.25) is 0 Å². The zero-order valence-corrected chi connectivity index (χ0v) is 15.9. The quantitative estimate of drug-likeness (QED) is 0.266. The van der Waals surface area contributed by atoms with E-state index in [1.807, 2.05) is 0 Å². The Morgan fingerprint density at radius 1 is 0.647 bits per heavy atom. The normalized spacial score (nSPS) is 16.4. The summed E-state index contributed by atoms with van der Waals surface area (Å²) in [6.07, 6.45) is -16.1. The topological polar surface area (TPSA) is 46.5 Å². The summed E-state index contributed by atoms with van der Waals surface area (Å²) in [6, 6.07) is 0. The molecule has 0 aromatic rings. The zero-order chi connectivity index (χ0) is 28.0. The number of halogens is 17. The lowest BCUT2D eigenvalue weighted by atomic mass is 9.87. The second-order valence-corrected chi connectivity index (χ2v) is 6.62. The van der Waals surface area contributed by atoms with E-state index in [2.05, 4.69) is 4.74 Å². The highest BCUT2D eigenvalue weighted by atomic mass is 19.4. The van der Waals surface area contributed by atoms with Crippen molar-refractivity contribution in [1.29, 1.82) is 0 Å². The van der Waals surface area contributed by atoms with Gasteiger partial charge < -0.3 is 9.84 Å². The van der Waals surface area contributed by atoms with Gasteiger partial charge in [0, 0.05) is 6.42 Å². The molecule has 0 rings (SSSR count). The van der Waals surface area contributed by atoms with Crippen LogP contribution >= 0.6 is 0 Å². The Morgan fingerprint density at radius 3 is 1.29 bits per heavy atom. The molecule has 1 atom stereocenters. The summed E-state index contributed by atoms with van der Waals surface area (Å²) < 4.78 is 226. The molecule has 0 bridgehead atoms. The number of rotatable bonds is 11. The van der Waals surface area contributed by atoms with Crippen LogP contribution < -0.4 is 0 Å². The lowest BCUT2D eigenvalue weighted by Gasteiger charge is -2.42. The number of esters is 1. The molecule has 0 aromatic heterocycles. The largest absolute Gasteiger partial charge is 0.469 e. The van der Waals surface area contributed by atoms with E-state index in [-0.39, 0.29) is 0 Å². The molecule has 204 valence electrons. The van der Waals surface area contributed by atoms with Gasteiger partial charge in [0.25, 0.3) is 0 Å². The molecule has 0 aliphatic rings. The van der Waals surface area contributed by atoms with Gasteiger partial charge in [-0.15, -0.1) is 0 Å². The Balaban J connectivity index is 6.32. The van der Waals surface area contributed by atoms with Crippen LogP contribution in [-0.2, 0) is 9.53 Å². The molecule has 0 saturated carbocycles. The van der Waals surface area contributed by atoms with Crippen molar-refractivity contribution in [3.8, 4) is 0 Å². The fourth-order valence-corrected chi connectivity index (χ4v) is 2.08. The third-order valence-corrected chi connectivity index (χ3v) is 4.21. The monoisotopic (exact) mass is 550 g/mol. The lowest BCUT2D eigenvalue weighted by Crippen LogP contribution is -2.74. The minimum atomic E-state index is -8.69. The van der Waals surface area contributed by atoms with E-state index >= 15 is 0 Å². The maximum atomic E-state index is 13.6. The van der Waals surface area contributed by atoms with Crippen molar-refractivity contribution in [2.75, 3.05) is 7.11 Å². The van der Waals surface area contributed by atoms with Crippen molar-refractivity contribution < 1.29 is 89.3 Å².